The van der Waals surface area contributed by atoms with Crippen LogP contribution in [0.25, 0.3) is 0 Å². The fraction of sp³-hybridized carbons (Fsp3) is 0.696. The summed E-state index contributed by atoms with van der Waals surface area (Å²) in [5, 5.41) is 2.94. The Morgan fingerprint density at radius 3 is 2.42 bits per heavy atom. The third-order valence-corrected chi connectivity index (χ3v) is 5.56. The Hall–Kier alpha value is -1.71. The lowest BCUT2D eigenvalue weighted by Crippen LogP contribution is -2.58. The summed E-state index contributed by atoms with van der Waals surface area (Å²) in [6.45, 7) is 10.00. The molecule has 8 heteroatoms. The number of hydrogen-bond donors (Lipinski definition) is 1. The molecule has 31 heavy (non-hydrogen) atoms. The van der Waals surface area contributed by atoms with Crippen molar-refractivity contribution in [3.8, 4) is 5.75 Å². The first-order valence-corrected chi connectivity index (χ1v) is 11.1. The van der Waals surface area contributed by atoms with E-state index in [2.05, 4.69) is 12.2 Å². The molecule has 1 aromatic carbocycles. The van der Waals surface area contributed by atoms with Crippen molar-refractivity contribution in [1.82, 2.24) is 0 Å². The van der Waals surface area contributed by atoms with Crippen molar-refractivity contribution in [2.45, 2.75) is 96.2 Å². The number of benzene rings is 1. The first-order chi connectivity index (χ1) is 14.7. The number of nitrogens with one attached hydrogen (secondary N) is 1. The van der Waals surface area contributed by atoms with Crippen molar-refractivity contribution in [2.24, 2.45) is 0 Å². The normalized spacial score (nSPS) is 32.9. The van der Waals surface area contributed by atoms with Crippen LogP contribution in [0.4, 0.5) is 5.69 Å². The maximum Gasteiger partial charge on any atom is 0.256 e. The van der Waals surface area contributed by atoms with Crippen molar-refractivity contribution in [3.63, 3.8) is 0 Å². The highest BCUT2D eigenvalue weighted by Gasteiger charge is 2.62. The minimum atomic E-state index is -0.918. The molecule has 3 saturated heterocycles. The molecule has 1 N–H and O–H groups in total. The van der Waals surface area contributed by atoms with E-state index in [1.54, 1.807) is 0 Å². The molecule has 5 atom stereocenters. The molecule has 8 nitrogen and oxygen atoms in total. The standard InChI is InChI=1S/C23H33NO7/c1-6-7-10-13-26-15-12-9-8-11-14(15)24-20(25)18-16-17(29-22(2,3)28-16)19-21(27-18)31-23(4,5)30-19/h8-9,11-12,16-19,21H,6-7,10,13H2,1-5H3,(H,24,25)/t16-,17+,18+,19-,21-/m1/s1. The maximum atomic E-state index is 13.3. The van der Waals surface area contributed by atoms with Gasteiger partial charge in [-0.15, -0.1) is 0 Å². The Bertz CT molecular complexity index is 796. The SMILES string of the molecule is CCCCCOc1ccccc1NC(=O)[C@H]1O[C@@H]2OC(C)(C)O[C@@H]2[C@H]2OC(C)(C)O[C@H]21. The van der Waals surface area contributed by atoms with E-state index in [0.29, 0.717) is 18.0 Å². The second kappa shape index (κ2) is 8.67. The molecule has 0 unspecified atom stereocenters. The molecule has 3 aliphatic heterocycles. The summed E-state index contributed by atoms with van der Waals surface area (Å²) in [4.78, 5) is 13.3. The topological polar surface area (TPSA) is 84.5 Å². The average molecular weight is 436 g/mol. The molecule has 3 fully saturated rings. The lowest BCUT2D eigenvalue weighted by molar-refractivity contribution is -0.229. The number of anilines is 1. The van der Waals surface area contributed by atoms with Crippen LogP contribution in [-0.4, -0.2) is 54.8 Å². The van der Waals surface area contributed by atoms with Gasteiger partial charge >= 0.3 is 0 Å². The lowest BCUT2D eigenvalue weighted by atomic mass is 9.98. The number of hydrogen-bond acceptors (Lipinski definition) is 7. The molecular formula is C23H33NO7. The first-order valence-electron chi connectivity index (χ1n) is 11.1. The zero-order valence-corrected chi connectivity index (χ0v) is 18.9. The third-order valence-electron chi connectivity index (χ3n) is 5.56. The molecule has 4 rings (SSSR count). The zero-order chi connectivity index (χ0) is 22.2. The van der Waals surface area contributed by atoms with Gasteiger partial charge in [0.2, 0.25) is 0 Å². The van der Waals surface area contributed by atoms with Crippen molar-refractivity contribution < 1.29 is 33.2 Å². The Labute approximate surface area is 183 Å². The van der Waals surface area contributed by atoms with Gasteiger partial charge in [0.15, 0.2) is 24.0 Å². The fourth-order valence-electron chi connectivity index (χ4n) is 4.26. The number of carbonyl (C=O) groups excluding carboxylic acids is 1. The highest BCUT2D eigenvalue weighted by molar-refractivity contribution is 5.96. The van der Waals surface area contributed by atoms with Gasteiger partial charge < -0.3 is 33.7 Å². The molecule has 0 bridgehead atoms. The van der Waals surface area contributed by atoms with Gasteiger partial charge in [-0.1, -0.05) is 31.9 Å². The largest absolute Gasteiger partial charge is 0.491 e. The van der Waals surface area contributed by atoms with E-state index in [1.165, 1.54) is 0 Å². The summed E-state index contributed by atoms with van der Waals surface area (Å²) in [5.41, 5.74) is 0.591. The Balaban J connectivity index is 1.50. The van der Waals surface area contributed by atoms with Crippen LogP contribution in [0.1, 0.15) is 53.9 Å². The Morgan fingerprint density at radius 2 is 1.65 bits per heavy atom. The van der Waals surface area contributed by atoms with Gasteiger partial charge in [-0.05, 0) is 46.2 Å². The van der Waals surface area contributed by atoms with Crippen molar-refractivity contribution in [3.05, 3.63) is 24.3 Å². The van der Waals surface area contributed by atoms with E-state index in [9.17, 15) is 4.79 Å². The quantitative estimate of drug-likeness (QED) is 0.655. The minimum Gasteiger partial charge on any atom is -0.491 e. The van der Waals surface area contributed by atoms with Crippen LogP contribution in [0.3, 0.4) is 0 Å². The van der Waals surface area contributed by atoms with Crippen LogP contribution in [0.15, 0.2) is 24.3 Å². The average Bonchev–Trinajstić information content (AvgIpc) is 3.19. The molecule has 3 aliphatic rings. The van der Waals surface area contributed by atoms with E-state index in [1.807, 2.05) is 52.0 Å². The van der Waals surface area contributed by atoms with Crippen molar-refractivity contribution in [2.75, 3.05) is 11.9 Å². The number of carbonyl (C=O) groups is 1. The van der Waals surface area contributed by atoms with E-state index in [4.69, 9.17) is 28.4 Å². The predicted molar refractivity (Wildman–Crippen MR) is 113 cm³/mol. The predicted octanol–water partition coefficient (Wildman–Crippen LogP) is 3.59. The van der Waals surface area contributed by atoms with Gasteiger partial charge in [-0.3, -0.25) is 4.79 Å². The molecule has 1 amide bonds. The molecule has 3 heterocycles. The van der Waals surface area contributed by atoms with E-state index < -0.39 is 42.3 Å². The van der Waals surface area contributed by atoms with Crippen molar-refractivity contribution in [1.29, 1.82) is 0 Å². The summed E-state index contributed by atoms with van der Waals surface area (Å²) >= 11 is 0. The van der Waals surface area contributed by atoms with Gasteiger partial charge in [-0.2, -0.15) is 0 Å². The zero-order valence-electron chi connectivity index (χ0n) is 18.9. The van der Waals surface area contributed by atoms with E-state index in [0.717, 1.165) is 19.3 Å². The summed E-state index contributed by atoms with van der Waals surface area (Å²) < 4.78 is 35.9. The number of unbranched alkanes of at least 4 members (excludes halogenated alkanes) is 2. The Morgan fingerprint density at radius 1 is 0.968 bits per heavy atom. The highest BCUT2D eigenvalue weighted by atomic mass is 16.9. The number of fused-ring (bicyclic) bond motifs is 3. The molecule has 0 spiro atoms. The number of amides is 1. The first kappa shape index (κ1) is 22.5. The number of para-hydroxylation sites is 2. The van der Waals surface area contributed by atoms with Gasteiger partial charge in [0.05, 0.1) is 12.3 Å². The van der Waals surface area contributed by atoms with Gasteiger partial charge in [-0.25, -0.2) is 0 Å². The van der Waals surface area contributed by atoms with Gasteiger partial charge in [0.1, 0.15) is 24.1 Å². The van der Waals surface area contributed by atoms with Crippen LogP contribution in [0.2, 0.25) is 0 Å². The summed E-state index contributed by atoms with van der Waals surface area (Å²) in [6.07, 6.45) is -0.0272. The molecule has 0 saturated carbocycles. The van der Waals surface area contributed by atoms with Gasteiger partial charge in [0.25, 0.3) is 5.91 Å². The van der Waals surface area contributed by atoms with Crippen LogP contribution in [0.5, 0.6) is 5.75 Å². The summed E-state index contributed by atoms with van der Waals surface area (Å²) in [7, 11) is 0. The lowest BCUT2D eigenvalue weighted by Gasteiger charge is -2.36. The molecular weight excluding hydrogens is 402 g/mol. The molecule has 0 aromatic heterocycles. The fourth-order valence-corrected chi connectivity index (χ4v) is 4.26. The van der Waals surface area contributed by atoms with E-state index >= 15 is 0 Å². The monoisotopic (exact) mass is 435 g/mol. The van der Waals surface area contributed by atoms with Crippen LogP contribution in [0, 0.1) is 0 Å². The van der Waals surface area contributed by atoms with E-state index in [-0.39, 0.29) is 5.91 Å². The maximum absolute atomic E-state index is 13.3. The second-order valence-corrected chi connectivity index (χ2v) is 9.13. The number of rotatable bonds is 7. The van der Waals surface area contributed by atoms with Crippen LogP contribution >= 0.6 is 0 Å². The van der Waals surface area contributed by atoms with Crippen molar-refractivity contribution >= 4 is 11.6 Å². The third kappa shape index (κ3) is 4.88. The van der Waals surface area contributed by atoms with Crippen LogP contribution < -0.4 is 10.1 Å². The highest BCUT2D eigenvalue weighted by Crippen LogP contribution is 2.44. The molecule has 1 aromatic rings. The molecule has 0 aliphatic carbocycles. The summed E-state index contributed by atoms with van der Waals surface area (Å²) in [6, 6.07) is 7.38. The smallest absolute Gasteiger partial charge is 0.256 e. The second-order valence-electron chi connectivity index (χ2n) is 9.13. The molecule has 0 radical (unpaired) electrons. The Kier molecular flexibility index (Phi) is 6.29. The van der Waals surface area contributed by atoms with Gasteiger partial charge in [0, 0.05) is 0 Å². The number of ether oxygens (including phenoxy) is 6. The minimum absolute atomic E-state index is 0.340. The summed E-state index contributed by atoms with van der Waals surface area (Å²) in [5.74, 6) is -1.40. The van der Waals surface area contributed by atoms with Crippen LogP contribution in [-0.2, 0) is 28.5 Å². The molecule has 172 valence electrons.